The third-order valence-corrected chi connectivity index (χ3v) is 3.23. The molecule has 0 aliphatic heterocycles. The van der Waals surface area contributed by atoms with Gasteiger partial charge in [-0.2, -0.15) is 0 Å². The zero-order valence-corrected chi connectivity index (χ0v) is 13.3. The van der Waals surface area contributed by atoms with Crippen molar-refractivity contribution in [3.63, 3.8) is 0 Å². The van der Waals surface area contributed by atoms with Gasteiger partial charge in [-0.15, -0.1) is 0 Å². The van der Waals surface area contributed by atoms with E-state index < -0.39 is 29.0 Å². The van der Waals surface area contributed by atoms with Gasteiger partial charge in [0.15, 0.2) is 17.5 Å². The van der Waals surface area contributed by atoms with E-state index in [1.165, 1.54) is 4.90 Å². The number of amides is 2. The number of nitrogens with zero attached hydrogens (tertiary/aromatic N) is 1. The van der Waals surface area contributed by atoms with Crippen LogP contribution in [0.4, 0.5) is 18.9 Å². The summed E-state index contributed by atoms with van der Waals surface area (Å²) in [6.07, 6.45) is 2.59. The molecule has 1 aromatic rings. The van der Waals surface area contributed by atoms with Gasteiger partial charge >= 0.3 is 0 Å². The number of carbonyl (C=O) groups excluding carboxylic acids is 2. The molecule has 23 heavy (non-hydrogen) atoms. The molecular formula is C16H21F3N2O2. The van der Waals surface area contributed by atoms with Crippen molar-refractivity contribution < 1.29 is 22.8 Å². The monoisotopic (exact) mass is 330 g/mol. The molecule has 0 fully saturated rings. The highest BCUT2D eigenvalue weighted by Crippen LogP contribution is 2.19. The van der Waals surface area contributed by atoms with Crippen LogP contribution in [0.2, 0.25) is 0 Å². The maximum atomic E-state index is 13.5. The number of hydrogen-bond acceptors (Lipinski definition) is 2. The lowest BCUT2D eigenvalue weighted by atomic mass is 10.2. The molecule has 4 nitrogen and oxygen atoms in total. The number of halogens is 3. The first-order valence-corrected chi connectivity index (χ1v) is 7.61. The van der Waals surface area contributed by atoms with E-state index in [2.05, 4.69) is 5.32 Å². The van der Waals surface area contributed by atoms with Crippen LogP contribution >= 0.6 is 0 Å². The summed E-state index contributed by atoms with van der Waals surface area (Å²) in [5, 5.41) is 2.16. The summed E-state index contributed by atoms with van der Waals surface area (Å²) in [5.41, 5.74) is -0.452. The van der Waals surface area contributed by atoms with Gasteiger partial charge in [0.25, 0.3) is 0 Å². The first kappa shape index (κ1) is 19.0. The van der Waals surface area contributed by atoms with E-state index in [1.807, 2.05) is 13.8 Å². The van der Waals surface area contributed by atoms with Gasteiger partial charge in [-0.25, -0.2) is 13.2 Å². The van der Waals surface area contributed by atoms with Crippen LogP contribution in [0.25, 0.3) is 0 Å². The smallest absolute Gasteiger partial charge is 0.244 e. The van der Waals surface area contributed by atoms with Gasteiger partial charge in [0, 0.05) is 13.0 Å². The molecule has 0 aromatic heterocycles. The van der Waals surface area contributed by atoms with Crippen molar-refractivity contribution in [1.82, 2.24) is 4.90 Å². The van der Waals surface area contributed by atoms with Crippen LogP contribution < -0.4 is 5.32 Å². The van der Waals surface area contributed by atoms with Crippen molar-refractivity contribution >= 4 is 17.5 Å². The van der Waals surface area contributed by atoms with Crippen molar-refractivity contribution in [3.05, 3.63) is 29.6 Å². The van der Waals surface area contributed by atoms with Crippen molar-refractivity contribution in [2.75, 3.05) is 18.4 Å². The molecular weight excluding hydrogens is 309 g/mol. The zero-order chi connectivity index (χ0) is 17.4. The molecule has 0 aliphatic rings. The number of carbonyl (C=O) groups is 2. The van der Waals surface area contributed by atoms with Crippen LogP contribution in [0.5, 0.6) is 0 Å². The Kier molecular flexibility index (Phi) is 7.57. The molecule has 1 N–H and O–H groups in total. The van der Waals surface area contributed by atoms with E-state index in [1.54, 1.807) is 0 Å². The summed E-state index contributed by atoms with van der Waals surface area (Å²) in [4.78, 5) is 25.3. The summed E-state index contributed by atoms with van der Waals surface area (Å²) >= 11 is 0. The Labute approximate surface area is 133 Å². The third-order valence-electron chi connectivity index (χ3n) is 3.23. The average Bonchev–Trinajstić information content (AvgIpc) is 2.52. The zero-order valence-electron chi connectivity index (χ0n) is 13.3. The van der Waals surface area contributed by atoms with Crippen molar-refractivity contribution in [2.45, 2.75) is 39.5 Å². The predicted octanol–water partition coefficient (Wildman–Crippen LogP) is 3.47. The second kappa shape index (κ2) is 9.17. The molecule has 0 heterocycles. The molecule has 0 unspecified atom stereocenters. The lowest BCUT2D eigenvalue weighted by Gasteiger charge is -2.21. The maximum Gasteiger partial charge on any atom is 0.244 e. The average molecular weight is 330 g/mol. The van der Waals surface area contributed by atoms with Crippen LogP contribution in [0.15, 0.2) is 12.1 Å². The summed E-state index contributed by atoms with van der Waals surface area (Å²) in [6.45, 7) is 3.97. The Morgan fingerprint density at radius 1 is 1.09 bits per heavy atom. The Morgan fingerprint density at radius 2 is 1.78 bits per heavy atom. The fraction of sp³-hybridized carbons (Fsp3) is 0.500. The quantitative estimate of drug-likeness (QED) is 0.742. The molecule has 0 bridgehead atoms. The van der Waals surface area contributed by atoms with E-state index in [0.717, 1.165) is 25.0 Å². The third kappa shape index (κ3) is 5.58. The molecule has 0 atom stereocenters. The van der Waals surface area contributed by atoms with Gasteiger partial charge in [-0.3, -0.25) is 9.59 Å². The van der Waals surface area contributed by atoms with Gasteiger partial charge in [0.1, 0.15) is 0 Å². The molecule has 0 spiro atoms. The summed E-state index contributed by atoms with van der Waals surface area (Å²) < 4.78 is 39.5. The van der Waals surface area contributed by atoms with Crippen molar-refractivity contribution in [1.29, 1.82) is 0 Å². The highest BCUT2D eigenvalue weighted by atomic mass is 19.2. The maximum absolute atomic E-state index is 13.5. The van der Waals surface area contributed by atoms with E-state index in [-0.39, 0.29) is 12.5 Å². The lowest BCUT2D eigenvalue weighted by Crippen LogP contribution is -2.38. The fourth-order valence-electron chi connectivity index (χ4n) is 2.03. The van der Waals surface area contributed by atoms with Crippen molar-refractivity contribution in [2.24, 2.45) is 0 Å². The van der Waals surface area contributed by atoms with Crippen molar-refractivity contribution in [3.8, 4) is 0 Å². The molecule has 0 radical (unpaired) electrons. The molecule has 0 saturated carbocycles. The minimum absolute atomic E-state index is 0.158. The Balaban J connectivity index is 2.72. The Bertz CT molecular complexity index is 565. The van der Waals surface area contributed by atoms with E-state index in [0.29, 0.717) is 19.4 Å². The fourth-order valence-corrected chi connectivity index (χ4v) is 2.03. The second-order valence-corrected chi connectivity index (χ2v) is 5.19. The Hall–Kier alpha value is -2.05. The molecule has 0 saturated heterocycles. The summed E-state index contributed by atoms with van der Waals surface area (Å²) in [7, 11) is 0. The van der Waals surface area contributed by atoms with Crippen LogP contribution in [0, 0.1) is 17.5 Å². The van der Waals surface area contributed by atoms with Gasteiger partial charge in [0.2, 0.25) is 11.8 Å². The number of nitrogens with one attached hydrogen (secondary N) is 1. The van der Waals surface area contributed by atoms with E-state index in [9.17, 15) is 22.8 Å². The summed E-state index contributed by atoms with van der Waals surface area (Å²) in [5.74, 6) is -5.25. The molecule has 7 heteroatoms. The largest absolute Gasteiger partial charge is 0.333 e. The normalized spacial score (nSPS) is 10.5. The number of hydrogen-bond donors (Lipinski definition) is 1. The van der Waals surface area contributed by atoms with Crippen LogP contribution in [-0.4, -0.2) is 29.8 Å². The Morgan fingerprint density at radius 3 is 2.39 bits per heavy atom. The van der Waals surface area contributed by atoms with E-state index >= 15 is 0 Å². The van der Waals surface area contributed by atoms with E-state index in [4.69, 9.17) is 0 Å². The SMILES string of the molecule is CCCCC(=O)N(CCC)CC(=O)Nc1ccc(F)c(F)c1F. The van der Waals surface area contributed by atoms with Crippen LogP contribution in [0.1, 0.15) is 39.5 Å². The molecule has 1 aromatic carbocycles. The minimum atomic E-state index is -1.65. The van der Waals surface area contributed by atoms with Crippen LogP contribution in [-0.2, 0) is 9.59 Å². The molecule has 128 valence electrons. The van der Waals surface area contributed by atoms with Gasteiger partial charge < -0.3 is 10.2 Å². The molecule has 2 amide bonds. The van der Waals surface area contributed by atoms with Gasteiger partial charge in [0.05, 0.1) is 12.2 Å². The van der Waals surface area contributed by atoms with Gasteiger partial charge in [-0.1, -0.05) is 20.3 Å². The first-order chi connectivity index (χ1) is 10.9. The number of unbranched alkanes of at least 4 members (excludes halogenated alkanes) is 1. The highest BCUT2D eigenvalue weighted by molar-refractivity contribution is 5.94. The topological polar surface area (TPSA) is 49.4 Å². The standard InChI is InChI=1S/C16H21F3N2O2/c1-3-5-6-14(23)21(9-4-2)10-13(22)20-12-8-7-11(17)15(18)16(12)19/h7-8H,3-6,9-10H2,1-2H3,(H,20,22). The first-order valence-electron chi connectivity index (χ1n) is 7.61. The molecule has 0 aliphatic carbocycles. The highest BCUT2D eigenvalue weighted by Gasteiger charge is 2.19. The lowest BCUT2D eigenvalue weighted by molar-refractivity contribution is -0.134. The second-order valence-electron chi connectivity index (χ2n) is 5.19. The summed E-state index contributed by atoms with van der Waals surface area (Å²) in [6, 6.07) is 1.67. The van der Waals surface area contributed by atoms with Gasteiger partial charge in [-0.05, 0) is 25.0 Å². The number of rotatable bonds is 8. The predicted molar refractivity (Wildman–Crippen MR) is 81.3 cm³/mol. The number of anilines is 1. The molecule has 1 rings (SSSR count). The minimum Gasteiger partial charge on any atom is -0.333 e. The van der Waals surface area contributed by atoms with Crippen LogP contribution in [0.3, 0.4) is 0 Å². The number of benzene rings is 1.